The van der Waals surface area contributed by atoms with E-state index >= 15 is 0 Å². The van der Waals surface area contributed by atoms with E-state index in [4.69, 9.17) is 18.9 Å². The standard InChI is InChI=1S/2C21H23NO5/c2*1-21(2)6-5-11-12-7-17(26-3)18(27-4)8-13(12)15-9-16(23)14(20(24)25)10-22(15)19(11)21/h2*7-11,19H,5-6H2,1-4H3,(H,24,25)/t2*11-,19+/m10/s1. The first kappa shape index (κ1) is 36.8. The molecule has 0 radical (unpaired) electrons. The molecule has 12 heteroatoms. The minimum Gasteiger partial charge on any atom is -0.493 e. The summed E-state index contributed by atoms with van der Waals surface area (Å²) in [5.74, 6) is 0.580. The zero-order valence-corrected chi connectivity index (χ0v) is 31.8. The molecule has 54 heavy (non-hydrogen) atoms. The lowest BCUT2D eigenvalue weighted by Gasteiger charge is -2.40. The molecule has 2 aromatic carbocycles. The van der Waals surface area contributed by atoms with Gasteiger partial charge in [0.25, 0.3) is 0 Å². The first-order valence-electron chi connectivity index (χ1n) is 18.1. The van der Waals surface area contributed by atoms with E-state index in [1.165, 1.54) is 24.5 Å². The summed E-state index contributed by atoms with van der Waals surface area (Å²) >= 11 is 0. The van der Waals surface area contributed by atoms with Gasteiger partial charge in [0, 0.05) is 59.6 Å². The molecular formula is C42H46N2O10. The fourth-order valence-electron chi connectivity index (χ4n) is 9.71. The van der Waals surface area contributed by atoms with Crippen LogP contribution in [0.1, 0.15) is 109 Å². The lowest BCUT2D eigenvalue weighted by Crippen LogP contribution is -2.32. The number of nitrogens with zero attached hydrogens (tertiary/aromatic N) is 2. The van der Waals surface area contributed by atoms with Gasteiger partial charge in [-0.25, -0.2) is 9.59 Å². The van der Waals surface area contributed by atoms with E-state index in [0.717, 1.165) is 59.3 Å². The molecule has 2 aromatic heterocycles. The van der Waals surface area contributed by atoms with Gasteiger partial charge in [0.05, 0.1) is 39.8 Å². The summed E-state index contributed by atoms with van der Waals surface area (Å²) in [6.45, 7) is 8.80. The van der Waals surface area contributed by atoms with E-state index in [1.807, 2.05) is 33.4 Å². The number of methoxy groups -OCH3 is 4. The molecule has 2 N–H and O–H groups in total. The number of rotatable bonds is 6. The van der Waals surface area contributed by atoms with Crippen LogP contribution in [0.3, 0.4) is 0 Å². The van der Waals surface area contributed by atoms with Gasteiger partial charge in [-0.3, -0.25) is 9.59 Å². The molecule has 4 aliphatic rings. The van der Waals surface area contributed by atoms with Crippen molar-refractivity contribution in [3.63, 3.8) is 0 Å². The Morgan fingerprint density at radius 2 is 0.926 bits per heavy atom. The van der Waals surface area contributed by atoms with Crippen molar-refractivity contribution in [1.82, 2.24) is 9.13 Å². The highest BCUT2D eigenvalue weighted by Gasteiger charge is 2.49. The maximum atomic E-state index is 12.4. The van der Waals surface area contributed by atoms with Crippen molar-refractivity contribution in [3.05, 3.63) is 91.5 Å². The summed E-state index contributed by atoms with van der Waals surface area (Å²) in [4.78, 5) is 47.9. The number of aromatic carboxylic acids is 2. The molecule has 4 heterocycles. The molecule has 284 valence electrons. The molecule has 2 fully saturated rings. The van der Waals surface area contributed by atoms with Crippen molar-refractivity contribution in [1.29, 1.82) is 0 Å². The average Bonchev–Trinajstić information content (AvgIpc) is 3.64. The zero-order chi connectivity index (χ0) is 39.0. The molecule has 0 amide bonds. The lowest BCUT2D eigenvalue weighted by atomic mass is 9.77. The van der Waals surface area contributed by atoms with Gasteiger partial charge in [0.1, 0.15) is 11.1 Å². The van der Waals surface area contributed by atoms with Crippen LogP contribution in [0.2, 0.25) is 0 Å². The minimum absolute atomic E-state index is 0.0187. The van der Waals surface area contributed by atoms with E-state index in [-0.39, 0.29) is 45.9 Å². The molecule has 12 nitrogen and oxygen atoms in total. The summed E-state index contributed by atoms with van der Waals surface area (Å²) in [6, 6.07) is 10.8. The monoisotopic (exact) mass is 738 g/mol. The SMILES string of the molecule is COc1cc2c(cc1OC)[C@@H]1CCC(C)(C)[C@@H]1n1cc(C(=O)O)c(=O)cc1-2.COc1cc2c(cc1OC)[C@H]1CCC(C)(C)[C@H]1n1cc(C(=O)O)c(=O)cc1-2. The summed E-state index contributed by atoms with van der Waals surface area (Å²) in [5.41, 5.74) is 4.15. The average molecular weight is 739 g/mol. The Kier molecular flexibility index (Phi) is 8.93. The third-order valence-corrected chi connectivity index (χ3v) is 12.2. The summed E-state index contributed by atoms with van der Waals surface area (Å²) in [6.07, 6.45) is 7.06. The molecule has 0 bridgehead atoms. The molecule has 2 saturated carbocycles. The second kappa shape index (κ2) is 13.1. The van der Waals surface area contributed by atoms with Crippen molar-refractivity contribution in [2.75, 3.05) is 28.4 Å². The first-order valence-corrected chi connectivity index (χ1v) is 18.1. The van der Waals surface area contributed by atoms with Crippen LogP contribution in [0.25, 0.3) is 22.5 Å². The van der Waals surface area contributed by atoms with Gasteiger partial charge in [0.15, 0.2) is 33.9 Å². The van der Waals surface area contributed by atoms with Crippen LogP contribution < -0.4 is 29.8 Å². The number of aromatic nitrogens is 2. The number of ether oxygens (including phenoxy) is 4. The van der Waals surface area contributed by atoms with Crippen LogP contribution in [0.5, 0.6) is 23.0 Å². The van der Waals surface area contributed by atoms with E-state index < -0.39 is 22.8 Å². The third-order valence-electron chi connectivity index (χ3n) is 12.2. The second-order valence-corrected chi connectivity index (χ2v) is 16.0. The van der Waals surface area contributed by atoms with E-state index in [2.05, 4.69) is 27.7 Å². The highest BCUT2D eigenvalue weighted by molar-refractivity contribution is 5.88. The van der Waals surface area contributed by atoms with Crippen molar-refractivity contribution in [3.8, 4) is 45.5 Å². The first-order chi connectivity index (χ1) is 25.6. The predicted octanol–water partition coefficient (Wildman–Crippen LogP) is 7.38. The number of hydrogen-bond acceptors (Lipinski definition) is 8. The maximum absolute atomic E-state index is 12.4. The molecule has 2 aliphatic heterocycles. The lowest BCUT2D eigenvalue weighted by molar-refractivity contribution is 0.0683. The van der Waals surface area contributed by atoms with E-state index in [9.17, 15) is 29.4 Å². The molecule has 8 rings (SSSR count). The number of benzene rings is 2. The Balaban J connectivity index is 0.000000167. The quantitative estimate of drug-likeness (QED) is 0.205. The van der Waals surface area contributed by atoms with Crippen LogP contribution in [0.15, 0.2) is 58.4 Å². The van der Waals surface area contributed by atoms with Crippen molar-refractivity contribution < 1.29 is 38.7 Å². The number of fused-ring (bicyclic) bond motifs is 12. The van der Waals surface area contributed by atoms with Gasteiger partial charge in [-0.1, -0.05) is 27.7 Å². The summed E-state index contributed by atoms with van der Waals surface area (Å²) in [5, 5.41) is 18.9. The van der Waals surface area contributed by atoms with Gasteiger partial charge in [0.2, 0.25) is 0 Å². The van der Waals surface area contributed by atoms with Crippen LogP contribution in [0, 0.1) is 10.8 Å². The molecular weight excluding hydrogens is 692 g/mol. The number of hydrogen-bond donors (Lipinski definition) is 2. The summed E-state index contributed by atoms with van der Waals surface area (Å²) < 4.78 is 25.9. The topological polar surface area (TPSA) is 156 Å². The van der Waals surface area contributed by atoms with Crippen LogP contribution >= 0.6 is 0 Å². The van der Waals surface area contributed by atoms with Gasteiger partial charge >= 0.3 is 11.9 Å². The largest absolute Gasteiger partial charge is 0.493 e. The van der Waals surface area contributed by atoms with Crippen molar-refractivity contribution in [2.24, 2.45) is 10.8 Å². The molecule has 4 aromatic rings. The highest BCUT2D eigenvalue weighted by Crippen LogP contribution is 2.61. The number of carboxylic acids is 2. The van der Waals surface area contributed by atoms with Gasteiger partial charge in [-0.2, -0.15) is 0 Å². The molecule has 0 unspecified atom stereocenters. The third kappa shape index (κ3) is 5.65. The highest BCUT2D eigenvalue weighted by atomic mass is 16.5. The van der Waals surface area contributed by atoms with Crippen molar-refractivity contribution >= 4 is 11.9 Å². The van der Waals surface area contributed by atoms with Crippen LogP contribution in [-0.4, -0.2) is 59.7 Å². The maximum Gasteiger partial charge on any atom is 0.341 e. The fourth-order valence-corrected chi connectivity index (χ4v) is 9.71. The zero-order valence-electron chi connectivity index (χ0n) is 31.8. The Bertz CT molecular complexity index is 2170. The molecule has 4 atom stereocenters. The molecule has 0 spiro atoms. The van der Waals surface area contributed by atoms with E-state index in [0.29, 0.717) is 23.0 Å². The van der Waals surface area contributed by atoms with Crippen LogP contribution in [-0.2, 0) is 0 Å². The Labute approximate surface area is 312 Å². The molecule has 0 saturated heterocycles. The van der Waals surface area contributed by atoms with E-state index in [1.54, 1.807) is 28.4 Å². The number of carboxylic acid groups (broad SMARTS) is 2. The van der Waals surface area contributed by atoms with Gasteiger partial charge in [-0.15, -0.1) is 0 Å². The van der Waals surface area contributed by atoms with Gasteiger partial charge < -0.3 is 38.3 Å². The second-order valence-electron chi connectivity index (χ2n) is 16.0. The Morgan fingerprint density at radius 1 is 0.593 bits per heavy atom. The van der Waals surface area contributed by atoms with Crippen LogP contribution in [0.4, 0.5) is 0 Å². The minimum atomic E-state index is -1.19. The molecule has 2 aliphatic carbocycles. The summed E-state index contributed by atoms with van der Waals surface area (Å²) in [7, 11) is 6.38. The fraction of sp³-hybridized carbons (Fsp3) is 0.429. The normalized spacial score (nSPS) is 21.8. The smallest absolute Gasteiger partial charge is 0.341 e. The number of pyridine rings is 2. The number of carbonyl (C=O) groups is 2. The van der Waals surface area contributed by atoms with Crippen molar-refractivity contribution in [2.45, 2.75) is 77.3 Å². The predicted molar refractivity (Wildman–Crippen MR) is 202 cm³/mol. The van der Waals surface area contributed by atoms with Gasteiger partial charge in [-0.05, 0) is 71.9 Å². The Hall–Kier alpha value is -5.52. The Morgan fingerprint density at radius 3 is 1.24 bits per heavy atom.